The SMILES string of the molecule is CSC1CC(=S)NC1=O. The molecule has 1 atom stereocenters. The summed E-state index contributed by atoms with van der Waals surface area (Å²) in [4.78, 5) is 11.5. The second kappa shape index (κ2) is 2.66. The highest BCUT2D eigenvalue weighted by Gasteiger charge is 2.26. The van der Waals surface area contributed by atoms with E-state index in [4.69, 9.17) is 12.2 Å². The van der Waals surface area contributed by atoms with E-state index in [1.807, 2.05) is 6.26 Å². The first-order chi connectivity index (χ1) is 4.24. The molecule has 1 amide bonds. The molecule has 1 saturated heterocycles. The molecule has 0 spiro atoms. The minimum absolute atomic E-state index is 0.0625. The molecule has 1 aliphatic heterocycles. The van der Waals surface area contributed by atoms with Gasteiger partial charge < -0.3 is 5.32 Å². The number of hydrogen-bond donors (Lipinski definition) is 1. The Labute approximate surface area is 63.4 Å². The summed E-state index contributed by atoms with van der Waals surface area (Å²) in [6.07, 6.45) is 2.63. The smallest absolute Gasteiger partial charge is 0.238 e. The van der Waals surface area contributed by atoms with Crippen molar-refractivity contribution in [2.24, 2.45) is 0 Å². The Kier molecular flexibility index (Phi) is 2.08. The van der Waals surface area contributed by atoms with E-state index in [1.165, 1.54) is 0 Å². The van der Waals surface area contributed by atoms with E-state index in [0.717, 1.165) is 6.42 Å². The molecule has 1 unspecified atom stereocenters. The number of nitrogens with one attached hydrogen (secondary N) is 1. The Bertz CT molecular complexity index is 157. The van der Waals surface area contributed by atoms with Gasteiger partial charge in [0.05, 0.1) is 10.2 Å². The summed E-state index contributed by atoms with van der Waals surface area (Å²) in [6, 6.07) is 0. The second-order valence-electron chi connectivity index (χ2n) is 1.84. The number of thiocarbonyl (C=S) groups is 1. The molecule has 0 aromatic heterocycles. The predicted molar refractivity (Wildman–Crippen MR) is 42.7 cm³/mol. The molecule has 4 heteroatoms. The lowest BCUT2D eigenvalue weighted by atomic mass is 10.4. The van der Waals surface area contributed by atoms with Crippen LogP contribution >= 0.6 is 24.0 Å². The summed E-state index contributed by atoms with van der Waals surface area (Å²) >= 11 is 6.34. The maximum atomic E-state index is 10.8. The highest BCUT2D eigenvalue weighted by Crippen LogP contribution is 2.16. The third kappa shape index (κ3) is 1.43. The van der Waals surface area contributed by atoms with Crippen LogP contribution in [0, 0.1) is 0 Å². The standard InChI is InChI=1S/C5H7NOS2/c1-9-3-2-4(8)6-5(3)7/h3H,2H2,1H3,(H,6,7,8). The van der Waals surface area contributed by atoms with Crippen molar-refractivity contribution in [3.63, 3.8) is 0 Å². The summed E-state index contributed by atoms with van der Waals surface area (Å²) in [5.41, 5.74) is 0. The van der Waals surface area contributed by atoms with Gasteiger partial charge in [0.2, 0.25) is 5.91 Å². The minimum atomic E-state index is 0.0625. The molecule has 2 nitrogen and oxygen atoms in total. The fourth-order valence-electron chi connectivity index (χ4n) is 0.720. The molecule has 9 heavy (non-hydrogen) atoms. The van der Waals surface area contributed by atoms with Crippen LogP contribution < -0.4 is 5.32 Å². The van der Waals surface area contributed by atoms with Crippen molar-refractivity contribution in [1.29, 1.82) is 0 Å². The molecule has 1 N–H and O–H groups in total. The van der Waals surface area contributed by atoms with E-state index >= 15 is 0 Å². The van der Waals surface area contributed by atoms with Gasteiger partial charge in [-0.05, 0) is 6.26 Å². The van der Waals surface area contributed by atoms with Crippen molar-refractivity contribution in [1.82, 2.24) is 5.32 Å². The number of carbonyl (C=O) groups excluding carboxylic acids is 1. The van der Waals surface area contributed by atoms with E-state index < -0.39 is 0 Å². The first-order valence-corrected chi connectivity index (χ1v) is 4.30. The lowest BCUT2D eigenvalue weighted by Crippen LogP contribution is -2.21. The fourth-order valence-corrected chi connectivity index (χ4v) is 1.70. The Morgan fingerprint density at radius 1 is 1.89 bits per heavy atom. The van der Waals surface area contributed by atoms with Crippen LogP contribution in [0.4, 0.5) is 0 Å². The normalized spacial score (nSPS) is 26.6. The largest absolute Gasteiger partial charge is 0.319 e. The summed E-state index contributed by atoms with van der Waals surface area (Å²) in [6.45, 7) is 0. The van der Waals surface area contributed by atoms with Gasteiger partial charge in [-0.1, -0.05) is 12.2 Å². The van der Waals surface area contributed by atoms with Crippen molar-refractivity contribution in [3.05, 3.63) is 0 Å². The van der Waals surface area contributed by atoms with Crippen LogP contribution in [0.25, 0.3) is 0 Å². The fraction of sp³-hybridized carbons (Fsp3) is 0.600. The number of carbonyl (C=O) groups is 1. The van der Waals surface area contributed by atoms with Crippen molar-refractivity contribution in [2.75, 3.05) is 6.26 Å². The molecule has 0 aromatic rings. The molecule has 0 saturated carbocycles. The molecular weight excluding hydrogens is 154 g/mol. The van der Waals surface area contributed by atoms with Gasteiger partial charge in [0.25, 0.3) is 0 Å². The van der Waals surface area contributed by atoms with Crippen LogP contribution in [0.5, 0.6) is 0 Å². The first kappa shape index (κ1) is 7.02. The average Bonchev–Trinajstić information content (AvgIpc) is 2.10. The summed E-state index contributed by atoms with van der Waals surface area (Å²) in [5.74, 6) is 0.0625. The maximum absolute atomic E-state index is 10.8. The third-order valence-corrected chi connectivity index (χ3v) is 2.43. The van der Waals surface area contributed by atoms with Crippen molar-refractivity contribution >= 4 is 34.9 Å². The quantitative estimate of drug-likeness (QED) is 0.570. The van der Waals surface area contributed by atoms with Gasteiger partial charge in [0.15, 0.2) is 0 Å². The van der Waals surface area contributed by atoms with Crippen molar-refractivity contribution in [3.8, 4) is 0 Å². The molecular formula is C5H7NOS2. The number of amides is 1. The van der Waals surface area contributed by atoms with Gasteiger partial charge in [-0.3, -0.25) is 4.79 Å². The summed E-state index contributed by atoms with van der Waals surface area (Å²) in [5, 5.41) is 2.66. The number of rotatable bonds is 1. The highest BCUT2D eigenvalue weighted by molar-refractivity contribution is 8.00. The molecule has 1 rings (SSSR count). The van der Waals surface area contributed by atoms with E-state index in [-0.39, 0.29) is 11.2 Å². The Hall–Kier alpha value is -0.0900. The zero-order valence-corrected chi connectivity index (χ0v) is 6.64. The van der Waals surface area contributed by atoms with Crippen molar-refractivity contribution < 1.29 is 4.79 Å². The first-order valence-electron chi connectivity index (χ1n) is 2.60. The highest BCUT2D eigenvalue weighted by atomic mass is 32.2. The van der Waals surface area contributed by atoms with Crippen molar-refractivity contribution in [2.45, 2.75) is 11.7 Å². The van der Waals surface area contributed by atoms with E-state index in [2.05, 4.69) is 5.32 Å². The van der Waals surface area contributed by atoms with Crippen LogP contribution in [-0.2, 0) is 4.79 Å². The van der Waals surface area contributed by atoms with Gasteiger partial charge >= 0.3 is 0 Å². The van der Waals surface area contributed by atoms with Gasteiger partial charge in [-0.15, -0.1) is 0 Å². The average molecular weight is 161 g/mol. The molecule has 0 aliphatic carbocycles. The minimum Gasteiger partial charge on any atom is -0.319 e. The molecule has 1 aliphatic rings. The van der Waals surface area contributed by atoms with Crippen LogP contribution in [0.2, 0.25) is 0 Å². The molecule has 1 fully saturated rings. The van der Waals surface area contributed by atoms with Crippen LogP contribution in [0.3, 0.4) is 0 Å². The predicted octanol–water partition coefficient (Wildman–Crippen LogP) is 0.565. The summed E-state index contributed by atoms with van der Waals surface area (Å²) in [7, 11) is 0. The zero-order chi connectivity index (χ0) is 6.85. The van der Waals surface area contributed by atoms with Crippen LogP contribution in [0.1, 0.15) is 6.42 Å². The second-order valence-corrected chi connectivity index (χ2v) is 3.37. The van der Waals surface area contributed by atoms with Gasteiger partial charge in [0, 0.05) is 6.42 Å². The molecule has 50 valence electrons. The van der Waals surface area contributed by atoms with E-state index in [0.29, 0.717) is 4.99 Å². The lowest BCUT2D eigenvalue weighted by Gasteiger charge is -1.96. The Balaban J connectivity index is 2.58. The maximum Gasteiger partial charge on any atom is 0.238 e. The topological polar surface area (TPSA) is 29.1 Å². The Morgan fingerprint density at radius 3 is 2.78 bits per heavy atom. The third-order valence-electron chi connectivity index (χ3n) is 1.21. The molecule has 0 radical (unpaired) electrons. The number of thioether (sulfide) groups is 1. The van der Waals surface area contributed by atoms with Crippen LogP contribution in [0.15, 0.2) is 0 Å². The van der Waals surface area contributed by atoms with Gasteiger partial charge in [-0.2, -0.15) is 11.8 Å². The number of hydrogen-bond acceptors (Lipinski definition) is 3. The summed E-state index contributed by atoms with van der Waals surface area (Å²) < 4.78 is 0. The zero-order valence-electron chi connectivity index (χ0n) is 5.01. The van der Waals surface area contributed by atoms with Gasteiger partial charge in [-0.25, -0.2) is 0 Å². The lowest BCUT2D eigenvalue weighted by molar-refractivity contribution is -0.118. The molecule has 1 heterocycles. The Morgan fingerprint density at radius 2 is 2.56 bits per heavy atom. The van der Waals surface area contributed by atoms with E-state index in [1.54, 1.807) is 11.8 Å². The van der Waals surface area contributed by atoms with E-state index in [9.17, 15) is 4.79 Å². The van der Waals surface area contributed by atoms with Gasteiger partial charge in [0.1, 0.15) is 0 Å². The van der Waals surface area contributed by atoms with Crippen LogP contribution in [-0.4, -0.2) is 22.4 Å². The molecule has 0 bridgehead atoms. The monoisotopic (exact) mass is 161 g/mol. The molecule has 0 aromatic carbocycles.